The van der Waals surface area contributed by atoms with Crippen molar-refractivity contribution < 1.29 is 14.2 Å². The molecule has 1 fully saturated rings. The lowest BCUT2D eigenvalue weighted by Crippen LogP contribution is -2.26. The normalized spacial score (nSPS) is 17.3. The Morgan fingerprint density at radius 1 is 1.25 bits per heavy atom. The third-order valence-electron chi connectivity index (χ3n) is 2.34. The molecule has 1 aliphatic rings. The molecule has 16 heavy (non-hydrogen) atoms. The van der Waals surface area contributed by atoms with Crippen molar-refractivity contribution in [2.45, 2.75) is 19.1 Å². The second kappa shape index (κ2) is 6.42. The first kappa shape index (κ1) is 12.1. The van der Waals surface area contributed by atoms with Crippen molar-refractivity contribution in [3.05, 3.63) is 27.8 Å². The molecule has 0 saturated carbocycles. The molecule has 2 rings (SSSR count). The molecule has 3 nitrogen and oxygen atoms in total. The van der Waals surface area contributed by atoms with E-state index in [1.807, 2.05) is 24.3 Å². The zero-order valence-corrected chi connectivity index (χ0v) is 11.2. The van der Waals surface area contributed by atoms with E-state index in [-0.39, 0.29) is 6.29 Å². The number of benzene rings is 1. The lowest BCUT2D eigenvalue weighted by atomic mass is 10.3. The molecule has 0 amide bonds. The van der Waals surface area contributed by atoms with Crippen LogP contribution in [0.25, 0.3) is 0 Å². The number of hydrogen-bond acceptors (Lipinski definition) is 3. The van der Waals surface area contributed by atoms with Crippen LogP contribution in [0, 0.1) is 3.57 Å². The molecular formula is C12H15IO3. The molecule has 4 heteroatoms. The average molecular weight is 334 g/mol. The molecule has 0 radical (unpaired) electrons. The standard InChI is InChI=1S/C12H15IO3/c13-10-4-1-2-5-11(10)14-9-6-12-15-7-3-8-16-12/h1-2,4-5,12H,3,6-9H2. The molecule has 88 valence electrons. The minimum Gasteiger partial charge on any atom is -0.492 e. The van der Waals surface area contributed by atoms with E-state index < -0.39 is 0 Å². The van der Waals surface area contributed by atoms with Gasteiger partial charge in [-0.2, -0.15) is 0 Å². The van der Waals surface area contributed by atoms with Gasteiger partial charge in [0.15, 0.2) is 6.29 Å². The van der Waals surface area contributed by atoms with E-state index in [1.165, 1.54) is 0 Å². The van der Waals surface area contributed by atoms with Crippen LogP contribution in [0.3, 0.4) is 0 Å². The Hall–Kier alpha value is -0.330. The van der Waals surface area contributed by atoms with E-state index in [2.05, 4.69) is 22.6 Å². The molecule has 0 aromatic heterocycles. The molecular weight excluding hydrogens is 319 g/mol. The summed E-state index contributed by atoms with van der Waals surface area (Å²) in [5, 5.41) is 0. The fourth-order valence-electron chi connectivity index (χ4n) is 1.53. The van der Waals surface area contributed by atoms with Gasteiger partial charge in [0.25, 0.3) is 0 Å². The van der Waals surface area contributed by atoms with E-state index in [9.17, 15) is 0 Å². The molecule has 0 N–H and O–H groups in total. The minimum absolute atomic E-state index is 0.0878. The third-order valence-corrected chi connectivity index (χ3v) is 3.24. The first-order valence-corrected chi connectivity index (χ1v) is 6.54. The number of halogens is 1. The molecule has 1 saturated heterocycles. The van der Waals surface area contributed by atoms with Gasteiger partial charge in [0.1, 0.15) is 5.75 Å². The van der Waals surface area contributed by atoms with Crippen molar-refractivity contribution >= 4 is 22.6 Å². The molecule has 0 unspecified atom stereocenters. The van der Waals surface area contributed by atoms with Crippen LogP contribution < -0.4 is 4.74 Å². The zero-order valence-electron chi connectivity index (χ0n) is 9.02. The second-order valence-electron chi connectivity index (χ2n) is 3.59. The summed E-state index contributed by atoms with van der Waals surface area (Å²) in [5.74, 6) is 0.930. The molecule has 1 aromatic rings. The highest BCUT2D eigenvalue weighted by Gasteiger charge is 2.13. The summed E-state index contributed by atoms with van der Waals surface area (Å²) in [6, 6.07) is 7.99. The summed E-state index contributed by atoms with van der Waals surface area (Å²) >= 11 is 2.27. The van der Waals surface area contributed by atoms with E-state index in [0.29, 0.717) is 6.61 Å². The smallest absolute Gasteiger partial charge is 0.160 e. The number of ether oxygens (including phenoxy) is 3. The fraction of sp³-hybridized carbons (Fsp3) is 0.500. The van der Waals surface area contributed by atoms with Gasteiger partial charge in [-0.05, 0) is 41.1 Å². The van der Waals surface area contributed by atoms with E-state index in [4.69, 9.17) is 14.2 Å². The van der Waals surface area contributed by atoms with Crippen LogP contribution in [-0.4, -0.2) is 26.1 Å². The number of rotatable bonds is 4. The predicted octanol–water partition coefficient (Wildman–Crippen LogP) is 2.82. The number of hydrogen-bond donors (Lipinski definition) is 0. The third kappa shape index (κ3) is 3.61. The van der Waals surface area contributed by atoms with Gasteiger partial charge in [-0.25, -0.2) is 0 Å². The topological polar surface area (TPSA) is 27.7 Å². The highest BCUT2D eigenvalue weighted by atomic mass is 127. The van der Waals surface area contributed by atoms with Crippen molar-refractivity contribution in [2.75, 3.05) is 19.8 Å². The van der Waals surface area contributed by atoms with Gasteiger partial charge in [0, 0.05) is 6.42 Å². The molecule has 0 atom stereocenters. The summed E-state index contributed by atoms with van der Waals surface area (Å²) in [6.45, 7) is 2.23. The molecule has 0 bridgehead atoms. The Morgan fingerprint density at radius 2 is 2.00 bits per heavy atom. The van der Waals surface area contributed by atoms with Gasteiger partial charge in [-0.1, -0.05) is 12.1 Å². The van der Waals surface area contributed by atoms with Crippen molar-refractivity contribution in [3.8, 4) is 5.75 Å². The SMILES string of the molecule is Ic1ccccc1OCCC1OCCCO1. The monoisotopic (exact) mass is 334 g/mol. The summed E-state index contributed by atoms with van der Waals surface area (Å²) in [6.07, 6.45) is 1.69. The number of para-hydroxylation sites is 1. The lowest BCUT2D eigenvalue weighted by molar-refractivity contribution is -0.183. The van der Waals surface area contributed by atoms with Crippen LogP contribution in [-0.2, 0) is 9.47 Å². The molecule has 0 aliphatic carbocycles. The van der Waals surface area contributed by atoms with Gasteiger partial charge in [0.05, 0.1) is 23.4 Å². The van der Waals surface area contributed by atoms with E-state index in [0.717, 1.165) is 35.4 Å². The van der Waals surface area contributed by atoms with E-state index in [1.54, 1.807) is 0 Å². The first-order valence-electron chi connectivity index (χ1n) is 5.47. The molecule has 1 heterocycles. The predicted molar refractivity (Wildman–Crippen MR) is 69.6 cm³/mol. The lowest BCUT2D eigenvalue weighted by Gasteiger charge is -2.23. The van der Waals surface area contributed by atoms with Gasteiger partial charge in [-0.3, -0.25) is 0 Å². The van der Waals surface area contributed by atoms with Crippen molar-refractivity contribution in [1.29, 1.82) is 0 Å². The summed E-state index contributed by atoms with van der Waals surface area (Å²) in [7, 11) is 0. The zero-order chi connectivity index (χ0) is 11.2. The van der Waals surface area contributed by atoms with Crippen LogP contribution in [0.5, 0.6) is 5.75 Å². The fourth-order valence-corrected chi connectivity index (χ4v) is 2.07. The van der Waals surface area contributed by atoms with Crippen molar-refractivity contribution in [1.82, 2.24) is 0 Å². The summed E-state index contributed by atoms with van der Waals surface area (Å²) in [5.41, 5.74) is 0. The maximum absolute atomic E-state index is 5.67. The van der Waals surface area contributed by atoms with Gasteiger partial charge < -0.3 is 14.2 Å². The highest BCUT2D eigenvalue weighted by Crippen LogP contribution is 2.20. The Morgan fingerprint density at radius 3 is 2.75 bits per heavy atom. The highest BCUT2D eigenvalue weighted by molar-refractivity contribution is 14.1. The Balaban J connectivity index is 1.73. The van der Waals surface area contributed by atoms with Gasteiger partial charge >= 0.3 is 0 Å². The van der Waals surface area contributed by atoms with Crippen LogP contribution >= 0.6 is 22.6 Å². The van der Waals surface area contributed by atoms with Crippen LogP contribution in [0.2, 0.25) is 0 Å². The minimum atomic E-state index is -0.0878. The Labute approximate surface area is 109 Å². The van der Waals surface area contributed by atoms with Gasteiger partial charge in [0.2, 0.25) is 0 Å². The van der Waals surface area contributed by atoms with Crippen LogP contribution in [0.1, 0.15) is 12.8 Å². The maximum Gasteiger partial charge on any atom is 0.160 e. The largest absolute Gasteiger partial charge is 0.492 e. The summed E-state index contributed by atoms with van der Waals surface area (Å²) < 4.78 is 17.7. The molecule has 0 spiro atoms. The molecule has 1 aromatic carbocycles. The Bertz CT molecular complexity index is 324. The van der Waals surface area contributed by atoms with Crippen LogP contribution in [0.15, 0.2) is 24.3 Å². The average Bonchev–Trinajstić information content (AvgIpc) is 2.33. The summed E-state index contributed by atoms with van der Waals surface area (Å²) in [4.78, 5) is 0. The van der Waals surface area contributed by atoms with Gasteiger partial charge in [-0.15, -0.1) is 0 Å². The van der Waals surface area contributed by atoms with Crippen LogP contribution in [0.4, 0.5) is 0 Å². The van der Waals surface area contributed by atoms with Crippen molar-refractivity contribution in [3.63, 3.8) is 0 Å². The quantitative estimate of drug-likeness (QED) is 0.793. The first-order chi connectivity index (χ1) is 7.86. The maximum atomic E-state index is 5.67. The Kier molecular flexibility index (Phi) is 4.87. The molecule has 1 aliphatic heterocycles. The van der Waals surface area contributed by atoms with Crippen molar-refractivity contribution in [2.24, 2.45) is 0 Å². The van der Waals surface area contributed by atoms with E-state index >= 15 is 0 Å². The second-order valence-corrected chi connectivity index (χ2v) is 4.75.